The minimum absolute atomic E-state index is 0.0792. The second-order valence-electron chi connectivity index (χ2n) is 9.59. The highest BCUT2D eigenvalue weighted by Gasteiger charge is 2.26. The van der Waals surface area contributed by atoms with E-state index in [4.69, 9.17) is 4.74 Å². The first kappa shape index (κ1) is 25.4. The van der Waals surface area contributed by atoms with E-state index in [1.807, 2.05) is 35.8 Å². The van der Waals surface area contributed by atoms with Crippen molar-refractivity contribution >= 4 is 23.0 Å². The van der Waals surface area contributed by atoms with E-state index < -0.39 is 12.8 Å². The molecule has 4 aromatic rings. The fourth-order valence-corrected chi connectivity index (χ4v) is 4.81. The maximum absolute atomic E-state index is 12.6. The van der Waals surface area contributed by atoms with Crippen LogP contribution in [0.5, 0.6) is 11.8 Å². The highest BCUT2D eigenvalue weighted by Crippen LogP contribution is 2.36. The summed E-state index contributed by atoms with van der Waals surface area (Å²) in [6.45, 7) is 1.58. The highest BCUT2D eigenvalue weighted by atomic mass is 19.3. The zero-order chi connectivity index (χ0) is 26.8. The Kier molecular flexibility index (Phi) is 7.13. The van der Waals surface area contributed by atoms with Crippen molar-refractivity contribution in [3.8, 4) is 23.0 Å². The van der Waals surface area contributed by atoms with Crippen LogP contribution in [0.15, 0.2) is 54.6 Å². The van der Waals surface area contributed by atoms with Crippen molar-refractivity contribution in [2.24, 2.45) is 5.92 Å². The number of halogens is 2. The topological polar surface area (TPSA) is 98.5 Å². The lowest BCUT2D eigenvalue weighted by molar-refractivity contribution is -0.0498. The van der Waals surface area contributed by atoms with E-state index in [1.165, 1.54) is 18.6 Å². The van der Waals surface area contributed by atoms with Crippen molar-refractivity contribution in [3.63, 3.8) is 0 Å². The van der Waals surface area contributed by atoms with E-state index in [2.05, 4.69) is 33.0 Å². The van der Waals surface area contributed by atoms with Gasteiger partial charge in [0.1, 0.15) is 11.3 Å². The third kappa shape index (κ3) is 5.53. The predicted octanol–water partition coefficient (Wildman–Crippen LogP) is 6.71. The van der Waals surface area contributed by atoms with Gasteiger partial charge in [0.2, 0.25) is 0 Å². The average Bonchev–Trinajstić information content (AvgIpc) is 3.16. The third-order valence-electron chi connectivity index (χ3n) is 6.93. The predicted molar refractivity (Wildman–Crippen MR) is 139 cm³/mol. The zero-order valence-corrected chi connectivity index (χ0v) is 21.0. The van der Waals surface area contributed by atoms with Gasteiger partial charge < -0.3 is 24.5 Å². The van der Waals surface area contributed by atoms with Crippen LogP contribution in [-0.2, 0) is 6.54 Å². The van der Waals surface area contributed by atoms with Crippen molar-refractivity contribution < 1.29 is 28.2 Å². The summed E-state index contributed by atoms with van der Waals surface area (Å²) in [7, 11) is 0. The summed E-state index contributed by atoms with van der Waals surface area (Å²) in [6, 6.07) is 16.2. The molecular weight excluding hydrogens is 494 g/mol. The van der Waals surface area contributed by atoms with Crippen LogP contribution in [-0.4, -0.2) is 38.5 Å². The molecule has 10 heteroatoms. The second-order valence-corrected chi connectivity index (χ2v) is 9.59. The Morgan fingerprint density at radius 3 is 2.55 bits per heavy atom. The molecule has 1 fully saturated rings. The molecule has 38 heavy (non-hydrogen) atoms. The number of fused-ring (bicyclic) bond motifs is 1. The van der Waals surface area contributed by atoms with Gasteiger partial charge in [-0.3, -0.25) is 0 Å². The fraction of sp³-hybridized carbons (Fsp3) is 0.321. The van der Waals surface area contributed by atoms with Gasteiger partial charge >= 0.3 is 18.8 Å². The van der Waals surface area contributed by atoms with Crippen LogP contribution in [0, 0.1) is 12.8 Å². The number of anilines is 1. The number of aryl methyl sites for hydroxylation is 1. The van der Waals surface area contributed by atoms with E-state index in [0.717, 1.165) is 35.2 Å². The highest BCUT2D eigenvalue weighted by molar-refractivity contribution is 5.92. The number of ether oxygens (including phenoxy) is 2. The quantitative estimate of drug-likeness (QED) is 0.236. The third-order valence-corrected chi connectivity index (χ3v) is 6.93. The van der Waals surface area contributed by atoms with Gasteiger partial charge in [-0.2, -0.15) is 18.7 Å². The van der Waals surface area contributed by atoms with Gasteiger partial charge in [-0.1, -0.05) is 42.3 Å². The molecule has 0 saturated heterocycles. The molecule has 5 rings (SSSR count). The molecule has 198 valence electrons. The molecule has 2 aromatic carbocycles. The summed E-state index contributed by atoms with van der Waals surface area (Å²) in [5.74, 6) is 1.04. The Morgan fingerprint density at radius 2 is 1.92 bits per heavy atom. The molecule has 1 saturated carbocycles. The first-order valence-corrected chi connectivity index (χ1v) is 12.5. The van der Waals surface area contributed by atoms with Crippen molar-refractivity contribution in [3.05, 3.63) is 65.7 Å². The van der Waals surface area contributed by atoms with Crippen LogP contribution in [0.3, 0.4) is 0 Å². The lowest BCUT2D eigenvalue weighted by Gasteiger charge is -2.32. The number of benzene rings is 2. The minimum Gasteiger partial charge on any atom is -0.449 e. The summed E-state index contributed by atoms with van der Waals surface area (Å²) in [6.07, 6.45) is 1.92. The number of carboxylic acid groups (broad SMARTS) is 1. The standard InChI is InChI=1S/C28H28F2N4O4/c1-16-5-3-8-20(13-16)23-14-22-24(34(23)15-18-9-11-21(12-10-18)37-26(29)30)25(31-17(2)19-6-4-7-19)33-27(32-22)38-28(35)36/h3,5,8-14,17,19,26H,4,6-7,15H2,1-2H3,(H,35,36)(H,31,32,33)/t17-/m1/s1. The average molecular weight is 523 g/mol. The Morgan fingerprint density at radius 1 is 1.16 bits per heavy atom. The molecule has 8 nitrogen and oxygen atoms in total. The van der Waals surface area contributed by atoms with Gasteiger partial charge in [0.25, 0.3) is 0 Å². The van der Waals surface area contributed by atoms with Gasteiger partial charge in [0, 0.05) is 12.6 Å². The molecule has 0 spiro atoms. The zero-order valence-electron chi connectivity index (χ0n) is 21.0. The number of aromatic nitrogens is 3. The lowest BCUT2D eigenvalue weighted by atomic mass is 9.80. The van der Waals surface area contributed by atoms with Gasteiger partial charge in [0.05, 0.1) is 11.2 Å². The summed E-state index contributed by atoms with van der Waals surface area (Å²) in [4.78, 5) is 20.1. The maximum Gasteiger partial charge on any atom is 0.513 e. The number of nitrogens with zero attached hydrogens (tertiary/aromatic N) is 3. The van der Waals surface area contributed by atoms with Crippen LogP contribution < -0.4 is 14.8 Å². The molecule has 0 aliphatic heterocycles. The molecule has 1 atom stereocenters. The van der Waals surface area contributed by atoms with Crippen molar-refractivity contribution in [1.29, 1.82) is 0 Å². The van der Waals surface area contributed by atoms with Gasteiger partial charge in [-0.05, 0) is 68.0 Å². The second kappa shape index (κ2) is 10.6. The SMILES string of the molecule is Cc1cccc(-c2cc3nc(OC(=O)O)nc(N[C@H](C)C4CCC4)c3n2Cc2ccc(OC(F)F)cc2)c1. The Bertz CT molecular complexity index is 1450. The van der Waals surface area contributed by atoms with Crippen molar-refractivity contribution in [2.45, 2.75) is 52.3 Å². The molecule has 0 unspecified atom stereocenters. The van der Waals surface area contributed by atoms with Crippen LogP contribution in [0.2, 0.25) is 0 Å². The summed E-state index contributed by atoms with van der Waals surface area (Å²) in [5, 5.41) is 12.7. The molecule has 1 aliphatic rings. The van der Waals surface area contributed by atoms with Gasteiger partial charge in [-0.25, -0.2) is 4.79 Å². The van der Waals surface area contributed by atoms with Crippen LogP contribution >= 0.6 is 0 Å². The monoisotopic (exact) mass is 522 g/mol. The Hall–Kier alpha value is -4.21. The van der Waals surface area contributed by atoms with E-state index in [1.54, 1.807) is 12.1 Å². The number of rotatable bonds is 9. The van der Waals surface area contributed by atoms with Crippen LogP contribution in [0.4, 0.5) is 19.4 Å². The molecule has 2 heterocycles. The molecule has 2 N–H and O–H groups in total. The minimum atomic E-state index is -2.90. The molecule has 0 bridgehead atoms. The summed E-state index contributed by atoms with van der Waals surface area (Å²) in [5.41, 5.74) is 4.93. The van der Waals surface area contributed by atoms with Crippen LogP contribution in [0.25, 0.3) is 22.3 Å². The number of hydrogen-bond acceptors (Lipinski definition) is 6. The van der Waals surface area contributed by atoms with Crippen molar-refractivity contribution in [1.82, 2.24) is 14.5 Å². The molecule has 1 aliphatic carbocycles. The first-order chi connectivity index (χ1) is 18.3. The van der Waals surface area contributed by atoms with E-state index >= 15 is 0 Å². The smallest absolute Gasteiger partial charge is 0.449 e. The van der Waals surface area contributed by atoms with Gasteiger partial charge in [0.15, 0.2) is 5.82 Å². The van der Waals surface area contributed by atoms with Gasteiger partial charge in [-0.15, -0.1) is 0 Å². The Balaban J connectivity index is 1.64. The lowest BCUT2D eigenvalue weighted by Crippen LogP contribution is -2.31. The number of hydrogen-bond donors (Lipinski definition) is 2. The first-order valence-electron chi connectivity index (χ1n) is 12.5. The number of carbonyl (C=O) groups is 1. The van der Waals surface area contributed by atoms with E-state index in [-0.39, 0.29) is 17.8 Å². The summed E-state index contributed by atoms with van der Waals surface area (Å²) < 4.78 is 36.6. The maximum atomic E-state index is 12.6. The van der Waals surface area contributed by atoms with E-state index in [0.29, 0.717) is 29.3 Å². The van der Waals surface area contributed by atoms with Crippen LogP contribution in [0.1, 0.15) is 37.3 Å². The molecule has 2 aromatic heterocycles. The molecule has 0 radical (unpaired) electrons. The molecular formula is C28H28F2N4O4. The van der Waals surface area contributed by atoms with Crippen molar-refractivity contribution in [2.75, 3.05) is 5.32 Å². The number of nitrogens with one attached hydrogen (secondary N) is 1. The number of alkyl halides is 2. The summed E-state index contributed by atoms with van der Waals surface area (Å²) >= 11 is 0. The van der Waals surface area contributed by atoms with E-state index in [9.17, 15) is 18.7 Å². The fourth-order valence-electron chi connectivity index (χ4n) is 4.81. The molecule has 0 amide bonds. The Labute approximate surface area is 218 Å². The largest absolute Gasteiger partial charge is 0.513 e. The normalized spacial score (nSPS) is 14.3.